The molecule has 0 radical (unpaired) electrons. The lowest BCUT2D eigenvalue weighted by Gasteiger charge is -2.07. The fourth-order valence-corrected chi connectivity index (χ4v) is 1.28. The van der Waals surface area contributed by atoms with Crippen molar-refractivity contribution in [3.05, 3.63) is 22.8 Å². The van der Waals surface area contributed by atoms with E-state index in [0.717, 1.165) is 10.3 Å². The topological polar surface area (TPSA) is 24.9 Å². The molecule has 0 amide bonds. The average Bonchev–Trinajstić information content (AvgIpc) is 2.84. The highest BCUT2D eigenvalue weighted by Gasteiger charge is 2.42. The van der Waals surface area contributed by atoms with Gasteiger partial charge in [0.15, 0.2) is 0 Å². The number of nitrogens with zero attached hydrogens (tertiary/aromatic N) is 1. The molecule has 1 aromatic heterocycles. The lowest BCUT2D eigenvalue weighted by Crippen LogP contribution is -2.16. The maximum atomic E-state index is 13.2. The predicted octanol–water partition coefficient (Wildman–Crippen LogP) is 2.76. The van der Waals surface area contributed by atoms with Crippen molar-refractivity contribution in [1.82, 2.24) is 4.98 Å². The van der Waals surface area contributed by atoms with E-state index >= 15 is 0 Å². The molecule has 2 rings (SSSR count). The number of hydrogen-bond donors (Lipinski definition) is 1. The number of alkyl halides is 1. The van der Waals surface area contributed by atoms with E-state index in [-0.39, 0.29) is 0 Å². The van der Waals surface area contributed by atoms with E-state index in [1.54, 1.807) is 6.20 Å². The number of pyridine rings is 1. The largest absolute Gasteiger partial charge is 0.367 e. The summed E-state index contributed by atoms with van der Waals surface area (Å²) in [5, 5.41) is 2.97. The average molecular weight is 245 g/mol. The van der Waals surface area contributed by atoms with E-state index in [0.29, 0.717) is 19.4 Å². The molecule has 0 unspecified atom stereocenters. The number of hydrogen-bond acceptors (Lipinski definition) is 2. The number of anilines is 1. The van der Waals surface area contributed by atoms with Crippen molar-refractivity contribution in [3.8, 4) is 0 Å². The van der Waals surface area contributed by atoms with Crippen LogP contribution in [0.4, 0.5) is 10.2 Å². The molecule has 1 saturated carbocycles. The van der Waals surface area contributed by atoms with Gasteiger partial charge in [0.25, 0.3) is 0 Å². The molecule has 1 fully saturated rings. The van der Waals surface area contributed by atoms with Crippen molar-refractivity contribution < 1.29 is 4.39 Å². The van der Waals surface area contributed by atoms with Crippen LogP contribution in [0, 0.1) is 0 Å². The second kappa shape index (κ2) is 3.25. The molecule has 0 atom stereocenters. The summed E-state index contributed by atoms with van der Waals surface area (Å²) in [5.74, 6) is 0.729. The molecule has 0 bridgehead atoms. The molecule has 1 N–H and O–H groups in total. The number of aromatic nitrogens is 1. The van der Waals surface area contributed by atoms with Crippen molar-refractivity contribution in [2.24, 2.45) is 0 Å². The lowest BCUT2D eigenvalue weighted by molar-refractivity contribution is 0.326. The first-order chi connectivity index (χ1) is 6.18. The minimum absolute atomic E-state index is 0.377. The van der Waals surface area contributed by atoms with Crippen LogP contribution in [0.1, 0.15) is 12.8 Å². The van der Waals surface area contributed by atoms with Gasteiger partial charge in [-0.05, 0) is 40.9 Å². The Morgan fingerprint density at radius 1 is 1.54 bits per heavy atom. The molecule has 1 aromatic rings. The van der Waals surface area contributed by atoms with Gasteiger partial charge in [0, 0.05) is 10.7 Å². The number of nitrogens with one attached hydrogen (secondary N) is 1. The predicted molar refractivity (Wildman–Crippen MR) is 53.5 cm³/mol. The van der Waals surface area contributed by atoms with Gasteiger partial charge in [0.2, 0.25) is 0 Å². The highest BCUT2D eigenvalue weighted by atomic mass is 79.9. The first-order valence-corrected chi connectivity index (χ1v) is 5.02. The summed E-state index contributed by atoms with van der Waals surface area (Å²) in [4.78, 5) is 4.08. The first-order valence-electron chi connectivity index (χ1n) is 4.22. The Hall–Kier alpha value is -0.640. The monoisotopic (exact) mass is 244 g/mol. The highest BCUT2D eigenvalue weighted by Crippen LogP contribution is 2.39. The van der Waals surface area contributed by atoms with Crippen LogP contribution < -0.4 is 5.32 Å². The Morgan fingerprint density at radius 2 is 2.31 bits per heavy atom. The smallest absolute Gasteiger partial charge is 0.128 e. The molecule has 70 valence electrons. The Kier molecular flexibility index (Phi) is 2.24. The van der Waals surface area contributed by atoms with Crippen LogP contribution >= 0.6 is 15.9 Å². The van der Waals surface area contributed by atoms with Crippen LogP contribution in [0.5, 0.6) is 0 Å². The molecular weight excluding hydrogens is 235 g/mol. The van der Waals surface area contributed by atoms with Crippen molar-refractivity contribution >= 4 is 21.7 Å². The summed E-state index contributed by atoms with van der Waals surface area (Å²) in [6, 6.07) is 3.71. The molecule has 13 heavy (non-hydrogen) atoms. The summed E-state index contributed by atoms with van der Waals surface area (Å²) < 4.78 is 14.1. The molecule has 1 aliphatic rings. The fraction of sp³-hybridized carbons (Fsp3) is 0.444. The van der Waals surface area contributed by atoms with E-state index in [1.807, 2.05) is 12.1 Å². The van der Waals surface area contributed by atoms with Crippen LogP contribution in [-0.2, 0) is 0 Å². The zero-order chi connectivity index (χ0) is 9.31. The van der Waals surface area contributed by atoms with Gasteiger partial charge >= 0.3 is 0 Å². The van der Waals surface area contributed by atoms with Crippen molar-refractivity contribution in [2.45, 2.75) is 18.5 Å². The minimum Gasteiger partial charge on any atom is -0.367 e. The standard InChI is InChI=1S/C9H10BrFN2/c10-7-1-2-8(12-5-7)13-6-9(11)3-4-9/h1-2,5H,3-4,6H2,(H,12,13). The SMILES string of the molecule is FC1(CNc2ccc(Br)cn2)CC1. The van der Waals surface area contributed by atoms with E-state index in [1.165, 1.54) is 0 Å². The normalized spacial score (nSPS) is 18.3. The number of halogens is 2. The van der Waals surface area contributed by atoms with Gasteiger partial charge in [-0.25, -0.2) is 9.37 Å². The Labute approximate surface area is 84.7 Å². The highest BCUT2D eigenvalue weighted by molar-refractivity contribution is 9.10. The van der Waals surface area contributed by atoms with Gasteiger partial charge < -0.3 is 5.32 Å². The Morgan fingerprint density at radius 3 is 2.85 bits per heavy atom. The Bertz CT molecular complexity index is 295. The summed E-state index contributed by atoms with van der Waals surface area (Å²) in [5.41, 5.74) is -0.964. The zero-order valence-corrected chi connectivity index (χ0v) is 8.64. The summed E-state index contributed by atoms with van der Waals surface area (Å²) >= 11 is 3.28. The molecule has 4 heteroatoms. The van der Waals surface area contributed by atoms with Gasteiger partial charge in [-0.15, -0.1) is 0 Å². The van der Waals surface area contributed by atoms with E-state index < -0.39 is 5.67 Å². The molecule has 2 nitrogen and oxygen atoms in total. The van der Waals surface area contributed by atoms with Gasteiger partial charge in [0.05, 0.1) is 6.54 Å². The molecule has 1 heterocycles. The lowest BCUT2D eigenvalue weighted by atomic mass is 10.3. The van der Waals surface area contributed by atoms with Crippen molar-refractivity contribution in [3.63, 3.8) is 0 Å². The van der Waals surface area contributed by atoms with Gasteiger partial charge in [-0.3, -0.25) is 0 Å². The van der Waals surface area contributed by atoms with Crippen LogP contribution in [-0.4, -0.2) is 17.2 Å². The molecule has 0 aromatic carbocycles. The van der Waals surface area contributed by atoms with Gasteiger partial charge in [-0.1, -0.05) is 0 Å². The van der Waals surface area contributed by atoms with Crippen LogP contribution in [0.25, 0.3) is 0 Å². The third-order valence-corrected chi connectivity index (χ3v) is 2.58. The number of rotatable bonds is 3. The Balaban J connectivity index is 1.91. The summed E-state index contributed by atoms with van der Waals surface area (Å²) in [6.45, 7) is 0.377. The molecular formula is C9H10BrFN2. The van der Waals surface area contributed by atoms with Crippen LogP contribution in [0.3, 0.4) is 0 Å². The maximum Gasteiger partial charge on any atom is 0.128 e. The van der Waals surface area contributed by atoms with Crippen LogP contribution in [0.15, 0.2) is 22.8 Å². The maximum absolute atomic E-state index is 13.2. The second-order valence-corrected chi connectivity index (χ2v) is 4.28. The van der Waals surface area contributed by atoms with E-state index in [9.17, 15) is 4.39 Å². The molecule has 1 aliphatic carbocycles. The first kappa shape index (κ1) is 8.94. The third kappa shape index (κ3) is 2.40. The third-order valence-electron chi connectivity index (χ3n) is 2.11. The van der Waals surface area contributed by atoms with Gasteiger partial charge in [-0.2, -0.15) is 0 Å². The minimum atomic E-state index is -0.964. The van der Waals surface area contributed by atoms with Crippen molar-refractivity contribution in [1.29, 1.82) is 0 Å². The fourth-order valence-electron chi connectivity index (χ4n) is 1.04. The molecule has 0 saturated heterocycles. The second-order valence-electron chi connectivity index (χ2n) is 3.37. The van der Waals surface area contributed by atoms with E-state index in [4.69, 9.17) is 0 Å². The van der Waals surface area contributed by atoms with E-state index in [2.05, 4.69) is 26.2 Å². The quantitative estimate of drug-likeness (QED) is 0.885. The summed E-state index contributed by atoms with van der Waals surface area (Å²) in [6.07, 6.45) is 3.05. The van der Waals surface area contributed by atoms with Gasteiger partial charge in [0.1, 0.15) is 11.5 Å². The molecule has 0 spiro atoms. The van der Waals surface area contributed by atoms with Crippen molar-refractivity contribution in [2.75, 3.05) is 11.9 Å². The molecule has 0 aliphatic heterocycles. The summed E-state index contributed by atoms with van der Waals surface area (Å²) in [7, 11) is 0. The van der Waals surface area contributed by atoms with Crippen LogP contribution in [0.2, 0.25) is 0 Å². The zero-order valence-electron chi connectivity index (χ0n) is 7.06.